The summed E-state index contributed by atoms with van der Waals surface area (Å²) in [4.78, 5) is 21.2. The zero-order valence-electron chi connectivity index (χ0n) is 18.3. The standard InChI is InChI=1S/C24H32N2O4S/c1-15-5-6-19-23(2,9-7-20(28)24(19,3)14-27)17(15)13-18(16-8-12-30-21(16)29)31-22-25-10-4-11-26-22/h4,8,10-11,17-20,27-28H,1,5-7,9,12-14H2,2-3H3/t17-,18?,19+,20-,23+,24+/m1/s1. The molecule has 168 valence electrons. The molecule has 0 aromatic carbocycles. The minimum atomic E-state index is -0.525. The molecule has 3 aliphatic rings. The molecule has 31 heavy (non-hydrogen) atoms. The lowest BCUT2D eigenvalue weighted by atomic mass is 9.46. The van der Waals surface area contributed by atoms with Gasteiger partial charge in [0, 0.05) is 23.1 Å². The Kier molecular flexibility index (Phi) is 6.30. The quantitative estimate of drug-likeness (QED) is 0.300. The number of cyclic esters (lactones) is 1. The van der Waals surface area contributed by atoms with E-state index in [1.165, 1.54) is 17.3 Å². The second-order valence-corrected chi connectivity index (χ2v) is 10.8. The van der Waals surface area contributed by atoms with E-state index in [9.17, 15) is 15.0 Å². The van der Waals surface area contributed by atoms with Crippen molar-refractivity contribution in [3.05, 3.63) is 42.3 Å². The number of hydrogen-bond donors (Lipinski definition) is 2. The summed E-state index contributed by atoms with van der Waals surface area (Å²) >= 11 is 1.50. The molecule has 2 fully saturated rings. The summed E-state index contributed by atoms with van der Waals surface area (Å²) in [7, 11) is 0. The van der Waals surface area contributed by atoms with E-state index in [2.05, 4.69) is 23.5 Å². The Morgan fingerprint density at radius 2 is 2.06 bits per heavy atom. The predicted molar refractivity (Wildman–Crippen MR) is 119 cm³/mol. The second-order valence-electron chi connectivity index (χ2n) is 9.66. The largest absolute Gasteiger partial charge is 0.458 e. The van der Waals surface area contributed by atoms with E-state index in [1.807, 2.05) is 13.0 Å². The van der Waals surface area contributed by atoms with E-state index >= 15 is 0 Å². The van der Waals surface area contributed by atoms with Crippen LogP contribution < -0.4 is 0 Å². The van der Waals surface area contributed by atoms with E-state index in [0.29, 0.717) is 23.8 Å². The summed E-state index contributed by atoms with van der Waals surface area (Å²) in [5.41, 5.74) is 1.24. The molecule has 4 rings (SSSR count). The zero-order chi connectivity index (χ0) is 22.2. The van der Waals surface area contributed by atoms with Crippen LogP contribution in [0.15, 0.2) is 47.4 Å². The molecule has 2 saturated carbocycles. The molecule has 1 aliphatic heterocycles. The Labute approximate surface area is 188 Å². The van der Waals surface area contributed by atoms with Gasteiger partial charge >= 0.3 is 5.97 Å². The first-order chi connectivity index (χ1) is 14.8. The van der Waals surface area contributed by atoms with Gasteiger partial charge in [-0.1, -0.05) is 37.8 Å². The van der Waals surface area contributed by atoms with Gasteiger partial charge in [-0.25, -0.2) is 14.8 Å². The third-order valence-corrected chi connectivity index (χ3v) is 9.19. The molecule has 6 atom stereocenters. The lowest BCUT2D eigenvalue weighted by Gasteiger charge is -2.60. The minimum Gasteiger partial charge on any atom is -0.458 e. The molecule has 0 amide bonds. The Balaban J connectivity index is 1.66. The highest BCUT2D eigenvalue weighted by atomic mass is 32.2. The van der Waals surface area contributed by atoms with Gasteiger partial charge in [-0.05, 0) is 61.5 Å². The molecule has 0 spiro atoms. The van der Waals surface area contributed by atoms with Gasteiger partial charge in [0.2, 0.25) is 0 Å². The summed E-state index contributed by atoms with van der Waals surface area (Å²) in [6, 6.07) is 1.78. The van der Waals surface area contributed by atoms with Crippen LogP contribution in [0.1, 0.15) is 46.0 Å². The fourth-order valence-electron chi connectivity index (χ4n) is 6.20. The Morgan fingerprint density at radius 1 is 1.32 bits per heavy atom. The summed E-state index contributed by atoms with van der Waals surface area (Å²) in [6.07, 6.45) is 8.85. The number of allylic oxidation sites excluding steroid dienone is 1. The van der Waals surface area contributed by atoms with Gasteiger partial charge in [-0.2, -0.15) is 0 Å². The molecule has 0 radical (unpaired) electrons. The molecule has 0 saturated heterocycles. The van der Waals surface area contributed by atoms with Crippen LogP contribution in [0.25, 0.3) is 0 Å². The van der Waals surface area contributed by atoms with Gasteiger partial charge in [0.05, 0.1) is 18.3 Å². The van der Waals surface area contributed by atoms with Crippen molar-refractivity contribution >= 4 is 17.7 Å². The number of ether oxygens (including phenoxy) is 1. The lowest BCUT2D eigenvalue weighted by molar-refractivity contribution is -0.152. The van der Waals surface area contributed by atoms with E-state index in [4.69, 9.17) is 4.74 Å². The van der Waals surface area contributed by atoms with Crippen molar-refractivity contribution in [3.63, 3.8) is 0 Å². The lowest BCUT2D eigenvalue weighted by Crippen LogP contribution is -2.57. The van der Waals surface area contributed by atoms with Gasteiger partial charge in [-0.15, -0.1) is 0 Å². The zero-order valence-corrected chi connectivity index (χ0v) is 19.1. The second kappa shape index (κ2) is 8.68. The third kappa shape index (κ3) is 3.96. The fourth-order valence-corrected chi connectivity index (χ4v) is 7.30. The highest BCUT2D eigenvalue weighted by Gasteiger charge is 2.58. The van der Waals surface area contributed by atoms with Gasteiger partial charge < -0.3 is 14.9 Å². The maximum absolute atomic E-state index is 12.5. The predicted octanol–water partition coefficient (Wildman–Crippen LogP) is 3.55. The highest BCUT2D eigenvalue weighted by molar-refractivity contribution is 8.00. The van der Waals surface area contributed by atoms with Crippen LogP contribution in [0.5, 0.6) is 0 Å². The van der Waals surface area contributed by atoms with E-state index < -0.39 is 11.5 Å². The first-order valence-corrected chi connectivity index (χ1v) is 11.9. The number of esters is 1. The molecule has 7 heteroatoms. The number of aliphatic hydroxyl groups excluding tert-OH is 2. The first kappa shape index (κ1) is 22.5. The van der Waals surface area contributed by atoms with Crippen molar-refractivity contribution in [2.75, 3.05) is 13.2 Å². The summed E-state index contributed by atoms with van der Waals surface area (Å²) in [5.74, 6) is 0.0864. The molecular weight excluding hydrogens is 412 g/mol. The average molecular weight is 445 g/mol. The van der Waals surface area contributed by atoms with Crippen molar-refractivity contribution in [1.82, 2.24) is 9.97 Å². The van der Waals surface area contributed by atoms with Crippen molar-refractivity contribution in [2.24, 2.45) is 22.7 Å². The molecule has 1 unspecified atom stereocenters. The van der Waals surface area contributed by atoms with Crippen molar-refractivity contribution in [2.45, 2.75) is 62.5 Å². The average Bonchev–Trinajstić information content (AvgIpc) is 3.19. The number of carbonyl (C=O) groups is 1. The number of aliphatic hydroxyl groups is 2. The molecule has 1 aromatic rings. The Hall–Kier alpha value is -1.70. The minimum absolute atomic E-state index is 0.0267. The Morgan fingerprint density at radius 3 is 2.71 bits per heavy atom. The van der Waals surface area contributed by atoms with Crippen molar-refractivity contribution in [3.8, 4) is 0 Å². The maximum atomic E-state index is 12.5. The molecule has 1 aromatic heterocycles. The number of nitrogens with zero attached hydrogens (tertiary/aromatic N) is 2. The summed E-state index contributed by atoms with van der Waals surface area (Å²) in [5, 5.41) is 21.5. The summed E-state index contributed by atoms with van der Waals surface area (Å²) < 4.78 is 5.22. The molecule has 2 aliphatic carbocycles. The number of thioether (sulfide) groups is 1. The van der Waals surface area contributed by atoms with E-state index in [-0.39, 0.29) is 35.1 Å². The number of rotatable bonds is 6. The fraction of sp³-hybridized carbons (Fsp3) is 0.625. The number of aromatic nitrogens is 2. The highest BCUT2D eigenvalue weighted by Crippen LogP contribution is 2.62. The number of hydrogen-bond acceptors (Lipinski definition) is 7. The van der Waals surface area contributed by atoms with Crippen molar-refractivity contribution < 1.29 is 19.7 Å². The number of carbonyl (C=O) groups excluding carboxylic acids is 1. The van der Waals surface area contributed by atoms with Gasteiger partial charge in [0.1, 0.15) is 6.61 Å². The summed E-state index contributed by atoms with van der Waals surface area (Å²) in [6.45, 7) is 9.01. The molecule has 0 bridgehead atoms. The van der Waals surface area contributed by atoms with Crippen LogP contribution in [0.2, 0.25) is 0 Å². The Bertz CT molecular complexity index is 876. The van der Waals surface area contributed by atoms with Crippen LogP contribution in [-0.2, 0) is 9.53 Å². The van der Waals surface area contributed by atoms with E-state index in [0.717, 1.165) is 25.7 Å². The van der Waals surface area contributed by atoms with Gasteiger partial charge in [0.15, 0.2) is 5.16 Å². The van der Waals surface area contributed by atoms with Crippen molar-refractivity contribution in [1.29, 1.82) is 0 Å². The van der Waals surface area contributed by atoms with Gasteiger partial charge in [0.25, 0.3) is 0 Å². The van der Waals surface area contributed by atoms with Crippen LogP contribution in [0, 0.1) is 22.7 Å². The first-order valence-electron chi connectivity index (χ1n) is 11.1. The van der Waals surface area contributed by atoms with E-state index in [1.54, 1.807) is 18.5 Å². The number of fused-ring (bicyclic) bond motifs is 1. The monoisotopic (exact) mass is 444 g/mol. The van der Waals surface area contributed by atoms with Gasteiger partial charge in [-0.3, -0.25) is 0 Å². The normalized spacial score (nSPS) is 36.5. The smallest absolute Gasteiger partial charge is 0.335 e. The van der Waals surface area contributed by atoms with Crippen LogP contribution in [0.3, 0.4) is 0 Å². The third-order valence-electron chi connectivity index (χ3n) is 8.03. The SMILES string of the molecule is C=C1CC[C@@H]2[C@](C)(CO)[C@H](O)CC[C@@]2(C)[C@@H]1CC(Sc1ncccn1)C1=CCOC1=O. The van der Waals surface area contributed by atoms with Crippen LogP contribution >= 0.6 is 11.8 Å². The molecule has 2 N–H and O–H groups in total. The topological polar surface area (TPSA) is 92.5 Å². The molecule has 6 nitrogen and oxygen atoms in total. The van der Waals surface area contributed by atoms with Crippen LogP contribution in [-0.4, -0.2) is 50.7 Å². The maximum Gasteiger partial charge on any atom is 0.335 e. The molecule has 2 heterocycles. The van der Waals surface area contributed by atoms with Crippen LogP contribution in [0.4, 0.5) is 0 Å². The molecular formula is C24H32N2O4S.